The highest BCUT2D eigenvalue weighted by molar-refractivity contribution is 7.09. The number of rotatable bonds is 5. The topological polar surface area (TPSA) is 43.4 Å². The van der Waals surface area contributed by atoms with Gasteiger partial charge in [0, 0.05) is 23.5 Å². The molecule has 5 heteroatoms. The highest BCUT2D eigenvalue weighted by Gasteiger charge is 2.18. The summed E-state index contributed by atoms with van der Waals surface area (Å²) >= 11 is 1.72. The molecule has 1 aliphatic rings. The predicted octanol–water partition coefficient (Wildman–Crippen LogP) is 3.12. The molecule has 1 unspecified atom stereocenters. The first-order valence-corrected chi connectivity index (χ1v) is 8.18. The SMILES string of the molecule is CCNC(Cc1nc(C)cs1)c1ccc2c(c1)OCCO2. The summed E-state index contributed by atoms with van der Waals surface area (Å²) in [6.07, 6.45) is 0.895. The lowest BCUT2D eigenvalue weighted by molar-refractivity contribution is 0.171. The van der Waals surface area contributed by atoms with Gasteiger partial charge in [0.25, 0.3) is 0 Å². The van der Waals surface area contributed by atoms with Gasteiger partial charge < -0.3 is 14.8 Å². The summed E-state index contributed by atoms with van der Waals surface area (Å²) in [7, 11) is 0. The minimum atomic E-state index is 0.247. The van der Waals surface area contributed by atoms with E-state index in [1.54, 1.807) is 11.3 Å². The molecule has 0 spiro atoms. The molecular formula is C16H20N2O2S. The van der Waals surface area contributed by atoms with E-state index in [1.165, 1.54) is 5.56 Å². The molecule has 1 aliphatic heterocycles. The Morgan fingerprint density at radius 2 is 2.10 bits per heavy atom. The molecule has 0 saturated heterocycles. The first-order chi connectivity index (χ1) is 10.3. The lowest BCUT2D eigenvalue weighted by atomic mass is 10.0. The van der Waals surface area contributed by atoms with Gasteiger partial charge in [-0.2, -0.15) is 0 Å². The Bertz CT molecular complexity index is 612. The maximum atomic E-state index is 5.68. The number of hydrogen-bond donors (Lipinski definition) is 1. The van der Waals surface area contributed by atoms with E-state index in [-0.39, 0.29) is 6.04 Å². The van der Waals surface area contributed by atoms with Crippen molar-refractivity contribution in [1.29, 1.82) is 0 Å². The van der Waals surface area contributed by atoms with Crippen LogP contribution in [0.1, 0.15) is 29.2 Å². The van der Waals surface area contributed by atoms with Gasteiger partial charge in [0.1, 0.15) is 13.2 Å². The molecule has 0 fully saturated rings. The third kappa shape index (κ3) is 3.36. The minimum Gasteiger partial charge on any atom is -0.486 e. The fraction of sp³-hybridized carbons (Fsp3) is 0.438. The number of thiazole rings is 1. The molecule has 0 aliphatic carbocycles. The van der Waals surface area contributed by atoms with Crippen LogP contribution in [0, 0.1) is 6.92 Å². The molecule has 4 nitrogen and oxygen atoms in total. The summed E-state index contributed by atoms with van der Waals surface area (Å²) in [5, 5.41) is 6.79. The van der Waals surface area contributed by atoms with Crippen molar-refractivity contribution < 1.29 is 9.47 Å². The molecule has 0 radical (unpaired) electrons. The predicted molar refractivity (Wildman–Crippen MR) is 84.4 cm³/mol. The Morgan fingerprint density at radius 1 is 1.29 bits per heavy atom. The summed E-state index contributed by atoms with van der Waals surface area (Å²) in [6, 6.07) is 6.45. The molecule has 2 aromatic rings. The molecule has 1 aromatic carbocycles. The van der Waals surface area contributed by atoms with Crippen molar-refractivity contribution in [2.45, 2.75) is 26.3 Å². The number of hydrogen-bond acceptors (Lipinski definition) is 5. The zero-order valence-corrected chi connectivity index (χ0v) is 13.2. The summed E-state index contributed by atoms with van der Waals surface area (Å²) in [4.78, 5) is 4.57. The molecule has 0 amide bonds. The van der Waals surface area contributed by atoms with Crippen LogP contribution < -0.4 is 14.8 Å². The van der Waals surface area contributed by atoms with Crippen molar-refractivity contribution in [3.8, 4) is 11.5 Å². The van der Waals surface area contributed by atoms with E-state index < -0.39 is 0 Å². The van der Waals surface area contributed by atoms with E-state index in [4.69, 9.17) is 9.47 Å². The Labute approximate surface area is 129 Å². The monoisotopic (exact) mass is 304 g/mol. The van der Waals surface area contributed by atoms with Crippen molar-refractivity contribution >= 4 is 11.3 Å². The standard InChI is InChI=1S/C16H20N2O2S/c1-3-17-13(9-16-18-11(2)10-21-16)12-4-5-14-15(8-12)20-7-6-19-14/h4-5,8,10,13,17H,3,6-7,9H2,1-2H3. The summed E-state index contributed by atoms with van der Waals surface area (Å²) < 4.78 is 11.3. The quantitative estimate of drug-likeness (QED) is 0.922. The second kappa shape index (κ2) is 6.45. The van der Waals surface area contributed by atoms with Gasteiger partial charge >= 0.3 is 0 Å². The van der Waals surface area contributed by atoms with Crippen molar-refractivity contribution in [3.05, 3.63) is 39.8 Å². The van der Waals surface area contributed by atoms with Crippen LogP contribution >= 0.6 is 11.3 Å². The van der Waals surface area contributed by atoms with E-state index in [0.29, 0.717) is 13.2 Å². The van der Waals surface area contributed by atoms with Crippen molar-refractivity contribution in [2.75, 3.05) is 19.8 Å². The number of ether oxygens (including phenoxy) is 2. The van der Waals surface area contributed by atoms with E-state index >= 15 is 0 Å². The number of nitrogens with zero attached hydrogens (tertiary/aromatic N) is 1. The molecule has 112 valence electrons. The smallest absolute Gasteiger partial charge is 0.161 e. The van der Waals surface area contributed by atoms with Crippen LogP contribution in [0.15, 0.2) is 23.6 Å². The molecule has 1 aromatic heterocycles. The molecular weight excluding hydrogens is 284 g/mol. The van der Waals surface area contributed by atoms with Crippen molar-refractivity contribution in [2.24, 2.45) is 0 Å². The maximum absolute atomic E-state index is 5.68. The third-order valence-corrected chi connectivity index (χ3v) is 4.45. The normalized spacial score (nSPS) is 15.0. The molecule has 1 N–H and O–H groups in total. The lowest BCUT2D eigenvalue weighted by Gasteiger charge is -2.22. The minimum absolute atomic E-state index is 0.247. The van der Waals surface area contributed by atoms with Gasteiger partial charge in [0.05, 0.1) is 5.01 Å². The van der Waals surface area contributed by atoms with Crippen LogP contribution in [-0.2, 0) is 6.42 Å². The second-order valence-electron chi connectivity index (χ2n) is 5.10. The first kappa shape index (κ1) is 14.4. The van der Waals surface area contributed by atoms with Gasteiger partial charge in [-0.15, -0.1) is 11.3 Å². The van der Waals surface area contributed by atoms with Crippen LogP contribution in [0.25, 0.3) is 0 Å². The number of benzene rings is 1. The number of likely N-dealkylation sites (N-methyl/N-ethyl adjacent to an activating group) is 1. The van der Waals surface area contributed by atoms with Gasteiger partial charge in [0.2, 0.25) is 0 Å². The first-order valence-electron chi connectivity index (χ1n) is 7.30. The summed E-state index contributed by atoms with van der Waals surface area (Å²) in [5.74, 6) is 1.68. The fourth-order valence-electron chi connectivity index (χ4n) is 2.50. The Kier molecular flexibility index (Phi) is 4.41. The van der Waals surface area contributed by atoms with Crippen LogP contribution in [0.3, 0.4) is 0 Å². The fourth-order valence-corrected chi connectivity index (χ4v) is 3.32. The molecule has 3 rings (SSSR count). The average molecular weight is 304 g/mol. The van der Waals surface area contributed by atoms with E-state index in [2.05, 4.69) is 34.7 Å². The summed E-state index contributed by atoms with van der Waals surface area (Å²) in [6.45, 7) is 6.32. The Balaban J connectivity index is 1.82. The molecule has 21 heavy (non-hydrogen) atoms. The number of nitrogens with one attached hydrogen (secondary N) is 1. The van der Waals surface area contributed by atoms with Crippen LogP contribution in [0.4, 0.5) is 0 Å². The second-order valence-corrected chi connectivity index (χ2v) is 6.04. The van der Waals surface area contributed by atoms with E-state index in [1.807, 2.05) is 13.0 Å². The largest absolute Gasteiger partial charge is 0.486 e. The van der Waals surface area contributed by atoms with Gasteiger partial charge in [-0.3, -0.25) is 0 Å². The molecule has 0 saturated carbocycles. The molecule has 1 atom stereocenters. The molecule has 2 heterocycles. The summed E-state index contributed by atoms with van der Waals surface area (Å²) in [5.41, 5.74) is 2.31. The zero-order valence-electron chi connectivity index (χ0n) is 12.4. The van der Waals surface area contributed by atoms with Gasteiger partial charge in [-0.1, -0.05) is 13.0 Å². The van der Waals surface area contributed by atoms with E-state index in [9.17, 15) is 0 Å². The number of aromatic nitrogens is 1. The number of fused-ring (bicyclic) bond motifs is 1. The van der Waals surface area contributed by atoms with Crippen LogP contribution in [-0.4, -0.2) is 24.7 Å². The lowest BCUT2D eigenvalue weighted by Crippen LogP contribution is -2.23. The highest BCUT2D eigenvalue weighted by atomic mass is 32.1. The van der Waals surface area contributed by atoms with E-state index in [0.717, 1.165) is 35.2 Å². The zero-order chi connectivity index (χ0) is 14.7. The van der Waals surface area contributed by atoms with Crippen molar-refractivity contribution in [1.82, 2.24) is 10.3 Å². The Hall–Kier alpha value is -1.59. The van der Waals surface area contributed by atoms with Gasteiger partial charge in [0.15, 0.2) is 11.5 Å². The number of aryl methyl sites for hydroxylation is 1. The van der Waals surface area contributed by atoms with Crippen LogP contribution in [0.5, 0.6) is 11.5 Å². The third-order valence-electron chi connectivity index (χ3n) is 3.46. The maximum Gasteiger partial charge on any atom is 0.161 e. The average Bonchev–Trinajstić information content (AvgIpc) is 2.91. The highest BCUT2D eigenvalue weighted by Crippen LogP contribution is 2.33. The van der Waals surface area contributed by atoms with Crippen LogP contribution in [0.2, 0.25) is 0 Å². The Morgan fingerprint density at radius 3 is 2.81 bits per heavy atom. The van der Waals surface area contributed by atoms with Crippen molar-refractivity contribution in [3.63, 3.8) is 0 Å². The van der Waals surface area contributed by atoms with Gasteiger partial charge in [-0.25, -0.2) is 4.98 Å². The molecule has 0 bridgehead atoms. The van der Waals surface area contributed by atoms with Gasteiger partial charge in [-0.05, 0) is 31.2 Å².